The molecule has 1 atom stereocenters. The fraction of sp³-hybridized carbons (Fsp3) is 0.500. The number of fused-ring (bicyclic) bond motifs is 4. The van der Waals surface area contributed by atoms with Crippen molar-refractivity contribution in [2.75, 3.05) is 32.8 Å². The third-order valence-electron chi connectivity index (χ3n) is 5.94. The number of hydrogen-bond acceptors (Lipinski definition) is 5. The Labute approximate surface area is 152 Å². The lowest BCUT2D eigenvalue weighted by molar-refractivity contribution is -0.0458. The Balaban J connectivity index is 1.41. The van der Waals surface area contributed by atoms with Gasteiger partial charge in [-0.25, -0.2) is 4.79 Å². The molecule has 0 spiro atoms. The number of aromatic nitrogens is 2. The van der Waals surface area contributed by atoms with Crippen molar-refractivity contribution in [2.45, 2.75) is 25.4 Å². The van der Waals surface area contributed by atoms with Crippen LogP contribution in [0.5, 0.6) is 0 Å². The van der Waals surface area contributed by atoms with E-state index < -0.39 is 0 Å². The zero-order valence-corrected chi connectivity index (χ0v) is 14.7. The van der Waals surface area contributed by atoms with Gasteiger partial charge in [0.25, 0.3) is 0 Å². The van der Waals surface area contributed by atoms with Gasteiger partial charge < -0.3 is 9.47 Å². The molecule has 5 heterocycles. The number of rotatable bonds is 3. The Kier molecular flexibility index (Phi) is 4.02. The highest BCUT2D eigenvalue weighted by atomic mass is 16.5. The fourth-order valence-electron chi connectivity index (χ4n) is 4.40. The normalized spacial score (nSPS) is 28.2. The van der Waals surface area contributed by atoms with Gasteiger partial charge >= 0.3 is 5.97 Å². The van der Waals surface area contributed by atoms with Gasteiger partial charge in [0.2, 0.25) is 0 Å². The van der Waals surface area contributed by atoms with Crippen LogP contribution in [0.25, 0.3) is 16.5 Å². The summed E-state index contributed by atoms with van der Waals surface area (Å²) in [6.45, 7) is 4.51. The summed E-state index contributed by atoms with van der Waals surface area (Å²) < 4.78 is 11.3. The average Bonchev–Trinajstić information content (AvgIpc) is 3.13. The van der Waals surface area contributed by atoms with E-state index in [1.54, 1.807) is 0 Å². The Hall–Kier alpha value is -2.18. The largest absolute Gasteiger partial charge is 0.456 e. The second kappa shape index (κ2) is 6.52. The van der Waals surface area contributed by atoms with Crippen molar-refractivity contribution in [1.82, 2.24) is 15.1 Å². The first-order valence-electron chi connectivity index (χ1n) is 9.46. The minimum atomic E-state index is -0.312. The highest BCUT2D eigenvalue weighted by molar-refractivity contribution is 6.02. The van der Waals surface area contributed by atoms with E-state index in [1.165, 1.54) is 5.57 Å². The van der Waals surface area contributed by atoms with Gasteiger partial charge in [-0.1, -0.05) is 12.1 Å². The van der Waals surface area contributed by atoms with Crippen LogP contribution in [0.4, 0.5) is 0 Å². The van der Waals surface area contributed by atoms with Gasteiger partial charge in [-0.2, -0.15) is 5.10 Å². The number of nitrogens with zero attached hydrogens (tertiary/aromatic N) is 2. The zero-order valence-electron chi connectivity index (χ0n) is 14.7. The number of esters is 1. The standard InChI is InChI=1S/C20H23N3O3/c24-20(26-18-12-23-7-3-14(18)4-8-23)19-16-11-15(1-2-17(16)21-22-19)13-5-9-25-10-6-13/h1-2,5,11,14,18H,3-4,6-10,12H2,(H,21,22)/t18-/m0/s1. The number of carbonyl (C=O) groups excluding carboxylic acids is 1. The first-order valence-corrected chi connectivity index (χ1v) is 9.46. The molecular weight excluding hydrogens is 330 g/mol. The molecule has 0 amide bonds. The number of aromatic amines is 1. The fourth-order valence-corrected chi connectivity index (χ4v) is 4.40. The lowest BCUT2D eigenvalue weighted by atomic mass is 9.86. The van der Waals surface area contributed by atoms with Crippen LogP contribution in [-0.2, 0) is 9.47 Å². The summed E-state index contributed by atoms with van der Waals surface area (Å²) in [5.41, 5.74) is 3.64. The second-order valence-corrected chi connectivity index (χ2v) is 7.47. The molecule has 1 aromatic heterocycles. The van der Waals surface area contributed by atoms with Crippen LogP contribution in [0.1, 0.15) is 35.3 Å². The highest BCUT2D eigenvalue weighted by Crippen LogP contribution is 2.31. The predicted molar refractivity (Wildman–Crippen MR) is 97.9 cm³/mol. The van der Waals surface area contributed by atoms with E-state index in [2.05, 4.69) is 27.2 Å². The summed E-state index contributed by atoms with van der Waals surface area (Å²) in [7, 11) is 0. The Morgan fingerprint density at radius 3 is 2.92 bits per heavy atom. The quantitative estimate of drug-likeness (QED) is 0.859. The van der Waals surface area contributed by atoms with Crippen LogP contribution < -0.4 is 0 Å². The van der Waals surface area contributed by atoms with Crippen molar-refractivity contribution in [3.63, 3.8) is 0 Å². The molecule has 4 aliphatic rings. The lowest BCUT2D eigenvalue weighted by Crippen LogP contribution is -2.51. The molecule has 1 aromatic carbocycles. The summed E-state index contributed by atoms with van der Waals surface area (Å²) in [4.78, 5) is 15.2. The van der Waals surface area contributed by atoms with E-state index in [1.807, 2.05) is 12.1 Å². The van der Waals surface area contributed by atoms with Gasteiger partial charge in [0.1, 0.15) is 6.10 Å². The van der Waals surface area contributed by atoms with Gasteiger partial charge in [0.15, 0.2) is 5.69 Å². The summed E-state index contributed by atoms with van der Waals surface area (Å²) in [5.74, 6) is 0.185. The number of carbonyl (C=O) groups is 1. The van der Waals surface area contributed by atoms with Crippen LogP contribution in [-0.4, -0.2) is 60.0 Å². The molecule has 6 heteroatoms. The molecule has 2 aromatic rings. The number of hydrogen-bond donors (Lipinski definition) is 1. The molecule has 3 saturated heterocycles. The summed E-state index contributed by atoms with van der Waals surface area (Å²) in [6, 6.07) is 6.10. The molecular formula is C20H23N3O3. The topological polar surface area (TPSA) is 67.5 Å². The van der Waals surface area contributed by atoms with Gasteiger partial charge in [-0.05, 0) is 61.5 Å². The highest BCUT2D eigenvalue weighted by Gasteiger charge is 2.37. The van der Waals surface area contributed by atoms with Gasteiger partial charge in [-0.3, -0.25) is 10.00 Å². The van der Waals surface area contributed by atoms with Crippen molar-refractivity contribution in [3.8, 4) is 0 Å². The van der Waals surface area contributed by atoms with Crippen LogP contribution in [0, 0.1) is 5.92 Å². The van der Waals surface area contributed by atoms with Crippen LogP contribution >= 0.6 is 0 Å². The molecule has 2 bridgehead atoms. The second-order valence-electron chi connectivity index (χ2n) is 7.47. The van der Waals surface area contributed by atoms with E-state index in [-0.39, 0.29) is 12.1 Å². The van der Waals surface area contributed by atoms with Crippen molar-refractivity contribution in [2.24, 2.45) is 5.92 Å². The Morgan fingerprint density at radius 2 is 2.19 bits per heavy atom. The molecule has 26 heavy (non-hydrogen) atoms. The average molecular weight is 353 g/mol. The molecule has 4 aliphatic heterocycles. The van der Waals surface area contributed by atoms with E-state index in [4.69, 9.17) is 9.47 Å². The molecule has 136 valence electrons. The van der Waals surface area contributed by atoms with E-state index in [9.17, 15) is 4.79 Å². The maximum atomic E-state index is 12.8. The van der Waals surface area contributed by atoms with Crippen molar-refractivity contribution >= 4 is 22.4 Å². The summed E-state index contributed by atoms with van der Waals surface area (Å²) >= 11 is 0. The number of benzene rings is 1. The third-order valence-corrected chi connectivity index (χ3v) is 5.94. The van der Waals surface area contributed by atoms with Gasteiger partial charge in [0.05, 0.1) is 18.7 Å². The smallest absolute Gasteiger partial charge is 0.359 e. The van der Waals surface area contributed by atoms with Crippen molar-refractivity contribution < 1.29 is 14.3 Å². The van der Waals surface area contributed by atoms with Crippen LogP contribution in [0.3, 0.4) is 0 Å². The lowest BCUT2D eigenvalue weighted by Gasteiger charge is -2.43. The molecule has 3 fully saturated rings. The number of H-pyrrole nitrogens is 1. The zero-order chi connectivity index (χ0) is 17.5. The molecule has 0 aliphatic carbocycles. The van der Waals surface area contributed by atoms with Gasteiger partial charge in [-0.15, -0.1) is 0 Å². The Bertz CT molecular complexity index is 864. The minimum Gasteiger partial charge on any atom is -0.456 e. The number of piperidine rings is 3. The van der Waals surface area contributed by atoms with Crippen molar-refractivity contribution in [3.05, 3.63) is 35.5 Å². The molecule has 6 nitrogen and oxygen atoms in total. The SMILES string of the molecule is O=C(O[C@H]1CN2CCC1CC2)c1n[nH]c2ccc(C3=CCOCC3)cc12. The number of ether oxygens (including phenoxy) is 2. The Morgan fingerprint density at radius 1 is 1.31 bits per heavy atom. The first-order chi connectivity index (χ1) is 12.8. The molecule has 0 saturated carbocycles. The first kappa shape index (κ1) is 16.0. The molecule has 1 N–H and O–H groups in total. The summed E-state index contributed by atoms with van der Waals surface area (Å²) in [5, 5.41) is 8.05. The third kappa shape index (κ3) is 2.83. The van der Waals surface area contributed by atoms with E-state index >= 15 is 0 Å². The molecule has 6 rings (SSSR count). The van der Waals surface area contributed by atoms with E-state index in [0.717, 1.165) is 62.0 Å². The predicted octanol–water partition coefficient (Wildman–Crippen LogP) is 2.62. The van der Waals surface area contributed by atoms with Crippen LogP contribution in [0.2, 0.25) is 0 Å². The number of nitrogens with one attached hydrogen (secondary N) is 1. The van der Waals surface area contributed by atoms with Crippen LogP contribution in [0.15, 0.2) is 24.3 Å². The van der Waals surface area contributed by atoms with Gasteiger partial charge in [0, 0.05) is 11.9 Å². The monoisotopic (exact) mass is 353 g/mol. The maximum Gasteiger partial charge on any atom is 0.359 e. The summed E-state index contributed by atoms with van der Waals surface area (Å²) in [6.07, 6.45) is 5.25. The van der Waals surface area contributed by atoms with E-state index in [0.29, 0.717) is 18.2 Å². The maximum absolute atomic E-state index is 12.8. The minimum absolute atomic E-state index is 0.00173. The molecule has 0 radical (unpaired) electrons. The molecule has 0 unspecified atom stereocenters. The van der Waals surface area contributed by atoms with Crippen molar-refractivity contribution in [1.29, 1.82) is 0 Å².